The lowest BCUT2D eigenvalue weighted by Gasteiger charge is -2.15. The Bertz CT molecular complexity index is 402. The molecule has 0 heterocycles. The molecular formula is C15H24ClNO. The highest BCUT2D eigenvalue weighted by Gasteiger charge is 2.12. The number of ether oxygens (including phenoxy) is 1. The molecule has 0 aliphatic rings. The average Bonchev–Trinajstić information content (AvgIpc) is 2.33. The van der Waals surface area contributed by atoms with E-state index in [9.17, 15) is 0 Å². The summed E-state index contributed by atoms with van der Waals surface area (Å²) >= 11 is 6.30. The van der Waals surface area contributed by atoms with E-state index in [0.29, 0.717) is 6.04 Å². The van der Waals surface area contributed by atoms with Crippen molar-refractivity contribution in [3.63, 3.8) is 0 Å². The summed E-state index contributed by atoms with van der Waals surface area (Å²) in [5, 5.41) is 4.29. The van der Waals surface area contributed by atoms with Crippen LogP contribution < -0.4 is 10.1 Å². The normalized spacial score (nSPS) is 11.1. The summed E-state index contributed by atoms with van der Waals surface area (Å²) in [6, 6.07) is 2.56. The van der Waals surface area contributed by atoms with Gasteiger partial charge in [0, 0.05) is 11.1 Å². The molecule has 0 aliphatic heterocycles. The summed E-state index contributed by atoms with van der Waals surface area (Å²) in [5.74, 6) is 0.957. The van der Waals surface area contributed by atoms with Crippen molar-refractivity contribution in [1.29, 1.82) is 0 Å². The first-order valence-electron chi connectivity index (χ1n) is 6.53. The van der Waals surface area contributed by atoms with Crippen molar-refractivity contribution in [2.24, 2.45) is 0 Å². The van der Waals surface area contributed by atoms with Crippen molar-refractivity contribution in [2.45, 2.75) is 46.6 Å². The van der Waals surface area contributed by atoms with Crippen molar-refractivity contribution in [3.05, 3.63) is 27.8 Å². The second-order valence-electron chi connectivity index (χ2n) is 5.03. The van der Waals surface area contributed by atoms with Crippen LogP contribution in [0.5, 0.6) is 5.75 Å². The van der Waals surface area contributed by atoms with Crippen LogP contribution in [0, 0.1) is 13.8 Å². The van der Waals surface area contributed by atoms with Crippen LogP contribution in [0.1, 0.15) is 37.0 Å². The molecule has 0 amide bonds. The summed E-state index contributed by atoms with van der Waals surface area (Å²) in [4.78, 5) is 0. The molecule has 1 aromatic carbocycles. The first-order chi connectivity index (χ1) is 8.47. The van der Waals surface area contributed by atoms with Crippen LogP contribution >= 0.6 is 11.6 Å². The molecule has 0 fully saturated rings. The molecule has 1 N–H and O–H groups in total. The first kappa shape index (κ1) is 15.3. The Balaban J connectivity index is 2.77. The summed E-state index contributed by atoms with van der Waals surface area (Å²) in [6.07, 6.45) is 2.09. The van der Waals surface area contributed by atoms with Gasteiger partial charge in [-0.25, -0.2) is 0 Å². The number of rotatable bonds is 6. The third kappa shape index (κ3) is 3.89. The molecule has 0 spiro atoms. The van der Waals surface area contributed by atoms with Gasteiger partial charge in [0.15, 0.2) is 0 Å². The Morgan fingerprint density at radius 3 is 2.56 bits per heavy atom. The van der Waals surface area contributed by atoms with Crippen LogP contribution in [0.15, 0.2) is 6.07 Å². The predicted molar refractivity (Wildman–Crippen MR) is 78.9 cm³/mol. The zero-order chi connectivity index (χ0) is 13.7. The van der Waals surface area contributed by atoms with Crippen LogP contribution in [0.4, 0.5) is 0 Å². The number of halogens is 1. The highest BCUT2D eigenvalue weighted by molar-refractivity contribution is 6.32. The number of methoxy groups -OCH3 is 1. The van der Waals surface area contributed by atoms with Gasteiger partial charge in [-0.3, -0.25) is 0 Å². The van der Waals surface area contributed by atoms with Gasteiger partial charge in [0.25, 0.3) is 0 Å². The van der Waals surface area contributed by atoms with Crippen molar-refractivity contribution in [2.75, 3.05) is 13.7 Å². The van der Waals surface area contributed by atoms with Crippen LogP contribution in [-0.4, -0.2) is 19.7 Å². The van der Waals surface area contributed by atoms with Gasteiger partial charge < -0.3 is 10.1 Å². The van der Waals surface area contributed by atoms with Gasteiger partial charge in [0.1, 0.15) is 5.75 Å². The molecule has 1 aromatic rings. The van der Waals surface area contributed by atoms with Gasteiger partial charge in [-0.15, -0.1) is 0 Å². The smallest absolute Gasteiger partial charge is 0.122 e. The van der Waals surface area contributed by atoms with Gasteiger partial charge in [-0.2, -0.15) is 0 Å². The zero-order valence-corrected chi connectivity index (χ0v) is 12.8. The number of aryl methyl sites for hydroxylation is 1. The van der Waals surface area contributed by atoms with Crippen LogP contribution in [-0.2, 0) is 6.42 Å². The highest BCUT2D eigenvalue weighted by atomic mass is 35.5. The fourth-order valence-corrected chi connectivity index (χ4v) is 2.28. The summed E-state index contributed by atoms with van der Waals surface area (Å²) < 4.78 is 5.46. The fourth-order valence-electron chi connectivity index (χ4n) is 2.11. The van der Waals surface area contributed by atoms with E-state index in [-0.39, 0.29) is 0 Å². The van der Waals surface area contributed by atoms with Gasteiger partial charge in [0.2, 0.25) is 0 Å². The maximum Gasteiger partial charge on any atom is 0.122 e. The number of hydrogen-bond acceptors (Lipinski definition) is 2. The third-order valence-electron chi connectivity index (χ3n) is 3.15. The van der Waals surface area contributed by atoms with E-state index in [1.54, 1.807) is 7.11 Å². The summed E-state index contributed by atoms with van der Waals surface area (Å²) in [5.41, 5.74) is 3.46. The Labute approximate surface area is 116 Å². The van der Waals surface area contributed by atoms with Crippen molar-refractivity contribution >= 4 is 11.6 Å². The molecule has 2 nitrogen and oxygen atoms in total. The Morgan fingerprint density at radius 2 is 2.00 bits per heavy atom. The Morgan fingerprint density at radius 1 is 1.33 bits per heavy atom. The molecule has 0 bridgehead atoms. The lowest BCUT2D eigenvalue weighted by atomic mass is 10.00. The monoisotopic (exact) mass is 269 g/mol. The largest absolute Gasteiger partial charge is 0.496 e. The first-order valence-corrected chi connectivity index (χ1v) is 6.91. The van der Waals surface area contributed by atoms with E-state index in [4.69, 9.17) is 16.3 Å². The van der Waals surface area contributed by atoms with Crippen molar-refractivity contribution < 1.29 is 4.74 Å². The van der Waals surface area contributed by atoms with Crippen LogP contribution in [0.25, 0.3) is 0 Å². The third-order valence-corrected chi connectivity index (χ3v) is 3.73. The summed E-state index contributed by atoms with van der Waals surface area (Å²) in [6.45, 7) is 9.43. The number of hydrogen-bond donors (Lipinski definition) is 1. The quantitative estimate of drug-likeness (QED) is 0.791. The molecule has 1 rings (SSSR count). The molecule has 102 valence electrons. The molecule has 0 radical (unpaired) electrons. The topological polar surface area (TPSA) is 21.3 Å². The summed E-state index contributed by atoms with van der Waals surface area (Å²) in [7, 11) is 1.72. The molecule has 0 atom stereocenters. The Hall–Kier alpha value is -0.730. The molecule has 0 aliphatic carbocycles. The van der Waals surface area contributed by atoms with E-state index in [1.165, 1.54) is 5.56 Å². The van der Waals surface area contributed by atoms with Crippen LogP contribution in [0.2, 0.25) is 5.02 Å². The minimum atomic E-state index is 0.537. The molecule has 18 heavy (non-hydrogen) atoms. The maximum absolute atomic E-state index is 6.30. The molecule has 0 saturated carbocycles. The minimum Gasteiger partial charge on any atom is -0.496 e. The molecular weight excluding hydrogens is 246 g/mol. The van der Waals surface area contributed by atoms with Crippen molar-refractivity contribution in [1.82, 2.24) is 5.32 Å². The molecule has 0 saturated heterocycles. The second kappa shape index (κ2) is 7.01. The number of nitrogens with one attached hydrogen (secondary N) is 1. The second-order valence-corrected chi connectivity index (χ2v) is 5.40. The molecule has 0 unspecified atom stereocenters. The maximum atomic E-state index is 6.30. The van der Waals surface area contributed by atoms with Gasteiger partial charge in [0.05, 0.1) is 7.11 Å². The van der Waals surface area contributed by atoms with Crippen LogP contribution in [0.3, 0.4) is 0 Å². The van der Waals surface area contributed by atoms with E-state index in [2.05, 4.69) is 26.1 Å². The highest BCUT2D eigenvalue weighted by Crippen LogP contribution is 2.32. The lowest BCUT2D eigenvalue weighted by Crippen LogP contribution is -2.24. The molecule has 0 aromatic heterocycles. The fraction of sp³-hybridized carbons (Fsp3) is 0.600. The average molecular weight is 270 g/mol. The lowest BCUT2D eigenvalue weighted by molar-refractivity contribution is 0.408. The minimum absolute atomic E-state index is 0.537. The standard InChI is InChI=1S/C15H24ClNO/c1-10(2)17-8-6-7-13-12(4)15(16)11(3)9-14(13)18-5/h9-10,17H,6-8H2,1-5H3. The number of benzene rings is 1. The van der Waals surface area contributed by atoms with Crippen molar-refractivity contribution in [3.8, 4) is 5.75 Å². The van der Waals surface area contributed by atoms with E-state index >= 15 is 0 Å². The molecule has 3 heteroatoms. The zero-order valence-electron chi connectivity index (χ0n) is 12.1. The SMILES string of the molecule is COc1cc(C)c(Cl)c(C)c1CCCNC(C)C. The van der Waals surface area contributed by atoms with E-state index in [0.717, 1.165) is 41.3 Å². The Kier molecular flexibility index (Phi) is 5.97. The van der Waals surface area contributed by atoms with Gasteiger partial charge >= 0.3 is 0 Å². The van der Waals surface area contributed by atoms with Gasteiger partial charge in [-0.05, 0) is 56.0 Å². The predicted octanol–water partition coefficient (Wildman–Crippen LogP) is 3.90. The van der Waals surface area contributed by atoms with Gasteiger partial charge in [-0.1, -0.05) is 25.4 Å². The van der Waals surface area contributed by atoms with E-state index < -0.39 is 0 Å². The van der Waals surface area contributed by atoms with E-state index in [1.807, 2.05) is 13.0 Å².